The number of hydrogen-bond donors (Lipinski definition) is 2. The second-order valence-corrected chi connectivity index (χ2v) is 4.14. The summed E-state index contributed by atoms with van der Waals surface area (Å²) < 4.78 is 5.14. The van der Waals surface area contributed by atoms with Gasteiger partial charge in [-0.2, -0.15) is 0 Å². The lowest BCUT2D eigenvalue weighted by molar-refractivity contribution is 0.0685. The molecule has 20 heavy (non-hydrogen) atoms. The third-order valence-corrected chi connectivity index (χ3v) is 2.84. The number of hydrogen-bond acceptors (Lipinski definition) is 4. The molecule has 0 saturated carbocycles. The van der Waals surface area contributed by atoms with Crippen molar-refractivity contribution >= 4 is 11.9 Å². The lowest BCUT2D eigenvalue weighted by atomic mass is 10.1. The van der Waals surface area contributed by atoms with Crippen molar-refractivity contribution in [1.29, 1.82) is 0 Å². The van der Waals surface area contributed by atoms with Gasteiger partial charge in [-0.15, -0.1) is 0 Å². The zero-order chi connectivity index (χ0) is 14.7. The number of phenols is 1. The predicted molar refractivity (Wildman–Crippen MR) is 71.2 cm³/mol. The molecule has 2 aromatic rings. The van der Waals surface area contributed by atoms with E-state index in [-0.39, 0.29) is 22.6 Å². The summed E-state index contributed by atoms with van der Waals surface area (Å²) in [6, 6.07) is 10.4. The van der Waals surface area contributed by atoms with Crippen LogP contribution < -0.4 is 4.74 Å². The second kappa shape index (κ2) is 5.44. The van der Waals surface area contributed by atoms with E-state index >= 15 is 0 Å². The molecule has 2 rings (SSSR count). The molecule has 0 aliphatic rings. The molecule has 0 aliphatic heterocycles. The monoisotopic (exact) mass is 272 g/mol. The molecule has 5 nitrogen and oxygen atoms in total. The number of phenolic OH excluding ortho intramolecular Hbond substituents is 1. The molecule has 0 aromatic heterocycles. The molecule has 0 fully saturated rings. The van der Waals surface area contributed by atoms with Crippen molar-refractivity contribution < 1.29 is 24.5 Å². The molecular formula is C15H12O5. The summed E-state index contributed by atoms with van der Waals surface area (Å²) in [5, 5.41) is 18.6. The van der Waals surface area contributed by atoms with Gasteiger partial charge in [-0.25, -0.2) is 9.59 Å². The number of carboxylic acids is 1. The summed E-state index contributed by atoms with van der Waals surface area (Å²) in [5.74, 6) is -1.88. The minimum Gasteiger partial charge on any atom is -0.507 e. The van der Waals surface area contributed by atoms with Crippen molar-refractivity contribution in [3.05, 3.63) is 59.2 Å². The SMILES string of the molecule is Cc1c(OC(=O)c2ccccc2O)cccc1C(=O)O. The van der Waals surface area contributed by atoms with Gasteiger partial charge in [-0.1, -0.05) is 18.2 Å². The van der Waals surface area contributed by atoms with Crippen LogP contribution >= 0.6 is 0 Å². The number of para-hydroxylation sites is 1. The van der Waals surface area contributed by atoms with Crippen molar-refractivity contribution in [3.63, 3.8) is 0 Å². The molecule has 0 bridgehead atoms. The molecule has 0 aliphatic carbocycles. The fourth-order valence-electron chi connectivity index (χ4n) is 1.76. The standard InChI is InChI=1S/C15H12O5/c1-9-10(14(17)18)6-4-8-13(9)20-15(19)11-5-2-3-7-12(11)16/h2-8,16H,1H3,(H,17,18). The number of aromatic carboxylic acids is 1. The highest BCUT2D eigenvalue weighted by molar-refractivity contribution is 5.95. The van der Waals surface area contributed by atoms with Gasteiger partial charge in [0.05, 0.1) is 5.56 Å². The van der Waals surface area contributed by atoms with Crippen molar-refractivity contribution in [3.8, 4) is 11.5 Å². The van der Waals surface area contributed by atoms with Crippen LogP contribution in [-0.4, -0.2) is 22.2 Å². The molecule has 0 atom stereocenters. The first-order valence-electron chi connectivity index (χ1n) is 5.84. The first-order chi connectivity index (χ1) is 9.50. The minimum absolute atomic E-state index is 0.0210. The van der Waals surface area contributed by atoms with E-state index < -0.39 is 11.9 Å². The average Bonchev–Trinajstić information content (AvgIpc) is 2.41. The van der Waals surface area contributed by atoms with Gasteiger partial charge in [0, 0.05) is 5.56 Å². The Labute approximate surface area is 115 Å². The third-order valence-electron chi connectivity index (χ3n) is 2.84. The summed E-state index contributed by atoms with van der Waals surface area (Å²) in [6.45, 7) is 1.55. The Bertz CT molecular complexity index is 676. The van der Waals surface area contributed by atoms with E-state index in [4.69, 9.17) is 9.84 Å². The Morgan fingerprint density at radius 1 is 1.00 bits per heavy atom. The van der Waals surface area contributed by atoms with E-state index in [0.29, 0.717) is 5.56 Å². The molecule has 102 valence electrons. The molecule has 0 heterocycles. The van der Waals surface area contributed by atoms with E-state index in [9.17, 15) is 14.7 Å². The molecule has 0 unspecified atom stereocenters. The molecule has 2 N–H and O–H groups in total. The number of carbonyl (C=O) groups is 2. The largest absolute Gasteiger partial charge is 0.507 e. The molecule has 0 amide bonds. The fraction of sp³-hybridized carbons (Fsp3) is 0.0667. The molecular weight excluding hydrogens is 260 g/mol. The van der Waals surface area contributed by atoms with Crippen LogP contribution in [0.15, 0.2) is 42.5 Å². The predicted octanol–water partition coefficient (Wildman–Crippen LogP) is 2.62. The molecule has 0 radical (unpaired) electrons. The van der Waals surface area contributed by atoms with Gasteiger partial charge in [-0.05, 0) is 31.2 Å². The topological polar surface area (TPSA) is 83.8 Å². The van der Waals surface area contributed by atoms with Gasteiger partial charge >= 0.3 is 11.9 Å². The quantitative estimate of drug-likeness (QED) is 0.662. The molecule has 0 spiro atoms. The van der Waals surface area contributed by atoms with Gasteiger partial charge in [0.25, 0.3) is 0 Å². The number of rotatable bonds is 3. The highest BCUT2D eigenvalue weighted by Gasteiger charge is 2.16. The first kappa shape index (κ1) is 13.6. The Hall–Kier alpha value is -2.82. The van der Waals surface area contributed by atoms with Crippen LogP contribution in [0.2, 0.25) is 0 Å². The van der Waals surface area contributed by atoms with E-state index in [0.717, 1.165) is 0 Å². The van der Waals surface area contributed by atoms with Crippen LogP contribution in [0.5, 0.6) is 11.5 Å². The maximum Gasteiger partial charge on any atom is 0.347 e. The van der Waals surface area contributed by atoms with Crippen molar-refractivity contribution in [2.24, 2.45) is 0 Å². The summed E-state index contributed by atoms with van der Waals surface area (Å²) >= 11 is 0. The van der Waals surface area contributed by atoms with Crippen molar-refractivity contribution in [1.82, 2.24) is 0 Å². The van der Waals surface area contributed by atoms with Crippen LogP contribution in [0.25, 0.3) is 0 Å². The normalized spacial score (nSPS) is 10.1. The van der Waals surface area contributed by atoms with E-state index in [1.54, 1.807) is 19.1 Å². The lowest BCUT2D eigenvalue weighted by Gasteiger charge is -2.10. The molecule has 2 aromatic carbocycles. The highest BCUT2D eigenvalue weighted by atomic mass is 16.5. The van der Waals surface area contributed by atoms with Gasteiger partial charge < -0.3 is 14.9 Å². The minimum atomic E-state index is -1.09. The van der Waals surface area contributed by atoms with Gasteiger partial charge in [-0.3, -0.25) is 0 Å². The Morgan fingerprint density at radius 3 is 2.30 bits per heavy atom. The summed E-state index contributed by atoms with van der Waals surface area (Å²) in [7, 11) is 0. The third kappa shape index (κ3) is 2.61. The van der Waals surface area contributed by atoms with Gasteiger partial charge in [0.1, 0.15) is 17.1 Å². The number of esters is 1. The number of carboxylic acid groups (broad SMARTS) is 1. The van der Waals surface area contributed by atoms with Crippen LogP contribution in [0.4, 0.5) is 0 Å². The lowest BCUT2D eigenvalue weighted by Crippen LogP contribution is -2.11. The maximum atomic E-state index is 11.9. The number of ether oxygens (including phenoxy) is 1. The smallest absolute Gasteiger partial charge is 0.347 e. The maximum absolute atomic E-state index is 11.9. The fourth-order valence-corrected chi connectivity index (χ4v) is 1.76. The summed E-state index contributed by atoms with van der Waals surface area (Å²) in [4.78, 5) is 22.9. The molecule has 0 saturated heterocycles. The van der Waals surface area contributed by atoms with Crippen molar-refractivity contribution in [2.45, 2.75) is 6.92 Å². The first-order valence-corrected chi connectivity index (χ1v) is 5.84. The van der Waals surface area contributed by atoms with E-state index in [1.807, 2.05) is 0 Å². The summed E-state index contributed by atoms with van der Waals surface area (Å²) in [6.07, 6.45) is 0. The van der Waals surface area contributed by atoms with E-state index in [1.165, 1.54) is 30.3 Å². The Balaban J connectivity index is 2.32. The summed E-state index contributed by atoms with van der Waals surface area (Å²) in [5.41, 5.74) is 0.434. The van der Waals surface area contributed by atoms with E-state index in [2.05, 4.69) is 0 Å². The second-order valence-electron chi connectivity index (χ2n) is 4.14. The average molecular weight is 272 g/mol. The highest BCUT2D eigenvalue weighted by Crippen LogP contribution is 2.24. The van der Waals surface area contributed by atoms with Crippen LogP contribution in [0.1, 0.15) is 26.3 Å². The van der Waals surface area contributed by atoms with Crippen LogP contribution in [0.3, 0.4) is 0 Å². The van der Waals surface area contributed by atoms with Crippen LogP contribution in [-0.2, 0) is 0 Å². The Morgan fingerprint density at radius 2 is 1.65 bits per heavy atom. The van der Waals surface area contributed by atoms with Gasteiger partial charge in [0.15, 0.2) is 0 Å². The van der Waals surface area contributed by atoms with Gasteiger partial charge in [0.2, 0.25) is 0 Å². The number of benzene rings is 2. The number of aromatic hydroxyl groups is 1. The Kier molecular flexibility index (Phi) is 3.70. The molecule has 5 heteroatoms. The zero-order valence-electron chi connectivity index (χ0n) is 10.7. The van der Waals surface area contributed by atoms with Crippen molar-refractivity contribution in [2.75, 3.05) is 0 Å². The van der Waals surface area contributed by atoms with Crippen LogP contribution in [0, 0.1) is 6.92 Å². The number of carbonyl (C=O) groups excluding carboxylic acids is 1. The zero-order valence-corrected chi connectivity index (χ0v) is 10.7.